The molecule has 0 aromatic carbocycles. The lowest BCUT2D eigenvalue weighted by Crippen LogP contribution is -2.35. The summed E-state index contributed by atoms with van der Waals surface area (Å²) in [5, 5.41) is 3.52. The maximum Gasteiger partial charge on any atom is 0.0798 e. The van der Waals surface area contributed by atoms with E-state index in [1.54, 1.807) is 0 Å². The SMILES string of the molecule is CCN(Cc1scnc1C1CC1)C1CCCNCC1.Cl. The van der Waals surface area contributed by atoms with Crippen LogP contribution in [-0.2, 0) is 6.54 Å². The minimum Gasteiger partial charge on any atom is -0.317 e. The Bertz CT molecular complexity index is 398. The molecule has 1 saturated heterocycles. The summed E-state index contributed by atoms with van der Waals surface area (Å²) in [5.41, 5.74) is 3.46. The third-order valence-corrected chi connectivity index (χ3v) is 5.28. The summed E-state index contributed by atoms with van der Waals surface area (Å²) in [4.78, 5) is 8.81. The number of rotatable bonds is 5. The van der Waals surface area contributed by atoms with Crippen molar-refractivity contribution in [1.29, 1.82) is 0 Å². The lowest BCUT2D eigenvalue weighted by atomic mass is 10.1. The van der Waals surface area contributed by atoms with Crippen molar-refractivity contribution < 1.29 is 0 Å². The summed E-state index contributed by atoms with van der Waals surface area (Å²) in [6.07, 6.45) is 6.68. The van der Waals surface area contributed by atoms with Crippen LogP contribution >= 0.6 is 23.7 Å². The molecule has 2 fully saturated rings. The van der Waals surface area contributed by atoms with E-state index >= 15 is 0 Å². The maximum absolute atomic E-state index is 4.61. The molecular formula is C15H26ClN3S. The van der Waals surface area contributed by atoms with Crippen LogP contribution in [0.2, 0.25) is 0 Å². The van der Waals surface area contributed by atoms with Gasteiger partial charge in [-0.2, -0.15) is 0 Å². The van der Waals surface area contributed by atoms with Gasteiger partial charge in [-0.25, -0.2) is 4.98 Å². The van der Waals surface area contributed by atoms with Crippen molar-refractivity contribution >= 4 is 23.7 Å². The first kappa shape index (κ1) is 16.2. The van der Waals surface area contributed by atoms with Crippen molar-refractivity contribution in [2.75, 3.05) is 19.6 Å². The molecule has 20 heavy (non-hydrogen) atoms. The minimum absolute atomic E-state index is 0. The predicted molar refractivity (Wildman–Crippen MR) is 87.9 cm³/mol. The molecule has 1 unspecified atom stereocenters. The highest BCUT2D eigenvalue weighted by atomic mass is 35.5. The van der Waals surface area contributed by atoms with E-state index < -0.39 is 0 Å². The van der Waals surface area contributed by atoms with Crippen LogP contribution < -0.4 is 5.32 Å². The van der Waals surface area contributed by atoms with Crippen molar-refractivity contribution in [2.45, 2.75) is 57.5 Å². The molecule has 1 aliphatic carbocycles. The minimum atomic E-state index is 0. The van der Waals surface area contributed by atoms with Crippen LogP contribution in [0.1, 0.15) is 55.5 Å². The van der Waals surface area contributed by atoms with E-state index in [0.717, 1.165) is 25.0 Å². The monoisotopic (exact) mass is 315 g/mol. The van der Waals surface area contributed by atoms with Gasteiger partial charge in [0.15, 0.2) is 0 Å². The molecule has 1 N–H and O–H groups in total. The summed E-state index contributed by atoms with van der Waals surface area (Å²) in [6.45, 7) is 6.96. The molecule has 2 aliphatic rings. The highest BCUT2D eigenvalue weighted by Crippen LogP contribution is 2.42. The first-order chi connectivity index (χ1) is 9.38. The van der Waals surface area contributed by atoms with Crippen LogP contribution in [0.5, 0.6) is 0 Å². The van der Waals surface area contributed by atoms with Crippen molar-refractivity contribution in [2.24, 2.45) is 0 Å². The van der Waals surface area contributed by atoms with Gasteiger partial charge >= 0.3 is 0 Å². The van der Waals surface area contributed by atoms with Gasteiger partial charge in [-0.15, -0.1) is 23.7 Å². The summed E-state index contributed by atoms with van der Waals surface area (Å²) in [6, 6.07) is 0.758. The Kier molecular flexibility index (Phi) is 6.27. The molecule has 3 nitrogen and oxygen atoms in total. The van der Waals surface area contributed by atoms with E-state index in [1.807, 2.05) is 16.8 Å². The Hall–Kier alpha value is -0.160. The highest BCUT2D eigenvalue weighted by molar-refractivity contribution is 7.09. The van der Waals surface area contributed by atoms with Crippen molar-refractivity contribution in [3.8, 4) is 0 Å². The van der Waals surface area contributed by atoms with Crippen molar-refractivity contribution in [3.05, 3.63) is 16.1 Å². The smallest absolute Gasteiger partial charge is 0.0798 e. The average Bonchev–Trinajstić information content (AvgIpc) is 3.22. The summed E-state index contributed by atoms with van der Waals surface area (Å²) >= 11 is 1.86. The van der Waals surface area contributed by atoms with Gasteiger partial charge in [-0.1, -0.05) is 6.92 Å². The largest absolute Gasteiger partial charge is 0.317 e. The molecule has 1 aromatic heterocycles. The highest BCUT2D eigenvalue weighted by Gasteiger charge is 2.29. The van der Waals surface area contributed by atoms with Crippen LogP contribution in [0.3, 0.4) is 0 Å². The Morgan fingerprint density at radius 1 is 1.30 bits per heavy atom. The van der Waals surface area contributed by atoms with E-state index in [9.17, 15) is 0 Å². The second kappa shape index (κ2) is 7.74. The Balaban J connectivity index is 0.00000147. The number of thiazole rings is 1. The molecule has 5 heteroatoms. The molecule has 1 aliphatic heterocycles. The number of nitrogens with one attached hydrogen (secondary N) is 1. The fraction of sp³-hybridized carbons (Fsp3) is 0.800. The second-order valence-electron chi connectivity index (χ2n) is 5.83. The zero-order valence-corrected chi connectivity index (χ0v) is 13.9. The standard InChI is InChI=1S/C15H25N3S.ClH/c1-2-18(13-4-3-8-16-9-7-13)10-14-15(12-5-6-12)17-11-19-14;/h11-13,16H,2-10H2,1H3;1H. The van der Waals surface area contributed by atoms with E-state index in [4.69, 9.17) is 0 Å². The van der Waals surface area contributed by atoms with E-state index in [1.165, 1.54) is 55.8 Å². The van der Waals surface area contributed by atoms with Gasteiger partial charge in [0.05, 0.1) is 11.2 Å². The molecule has 0 radical (unpaired) electrons. The predicted octanol–water partition coefficient (Wildman–Crippen LogP) is 3.41. The van der Waals surface area contributed by atoms with Crippen molar-refractivity contribution in [3.63, 3.8) is 0 Å². The number of hydrogen-bond acceptors (Lipinski definition) is 4. The Labute approximate surface area is 132 Å². The van der Waals surface area contributed by atoms with E-state index in [-0.39, 0.29) is 12.4 Å². The molecule has 0 amide bonds. The fourth-order valence-corrected chi connectivity index (χ4v) is 4.01. The quantitative estimate of drug-likeness (QED) is 0.902. The van der Waals surface area contributed by atoms with E-state index in [0.29, 0.717) is 0 Å². The normalized spacial score (nSPS) is 23.4. The van der Waals surface area contributed by atoms with E-state index in [2.05, 4.69) is 22.1 Å². The van der Waals surface area contributed by atoms with Crippen LogP contribution in [0, 0.1) is 0 Å². The number of aromatic nitrogens is 1. The van der Waals surface area contributed by atoms with Gasteiger partial charge in [-0.3, -0.25) is 4.90 Å². The first-order valence-electron chi connectivity index (χ1n) is 7.75. The molecule has 2 heterocycles. The summed E-state index contributed by atoms with van der Waals surface area (Å²) in [5.74, 6) is 0.788. The maximum atomic E-state index is 4.61. The summed E-state index contributed by atoms with van der Waals surface area (Å²) < 4.78 is 0. The van der Waals surface area contributed by atoms with Crippen molar-refractivity contribution in [1.82, 2.24) is 15.2 Å². The topological polar surface area (TPSA) is 28.2 Å². The Morgan fingerprint density at radius 3 is 2.90 bits per heavy atom. The Morgan fingerprint density at radius 2 is 2.15 bits per heavy atom. The molecule has 3 rings (SSSR count). The van der Waals surface area contributed by atoms with Crippen LogP contribution in [0.4, 0.5) is 0 Å². The third-order valence-electron chi connectivity index (χ3n) is 4.45. The fourth-order valence-electron chi connectivity index (χ4n) is 3.14. The molecule has 1 saturated carbocycles. The van der Waals surface area contributed by atoms with Gasteiger partial charge in [-0.05, 0) is 51.7 Å². The molecule has 0 bridgehead atoms. The van der Waals surface area contributed by atoms with Gasteiger partial charge in [0.1, 0.15) is 0 Å². The zero-order valence-electron chi connectivity index (χ0n) is 12.3. The third kappa shape index (κ3) is 3.94. The van der Waals surface area contributed by atoms with Crippen LogP contribution in [0.25, 0.3) is 0 Å². The molecule has 1 atom stereocenters. The molecule has 0 spiro atoms. The number of nitrogens with zero attached hydrogens (tertiary/aromatic N) is 2. The van der Waals surface area contributed by atoms with Gasteiger partial charge in [0.2, 0.25) is 0 Å². The molecule has 1 aromatic rings. The second-order valence-corrected chi connectivity index (χ2v) is 6.77. The van der Waals surface area contributed by atoms with Crippen LogP contribution in [0.15, 0.2) is 5.51 Å². The average molecular weight is 316 g/mol. The zero-order chi connectivity index (χ0) is 13.1. The van der Waals surface area contributed by atoms with Gasteiger partial charge < -0.3 is 5.32 Å². The van der Waals surface area contributed by atoms with Gasteiger partial charge in [0.25, 0.3) is 0 Å². The number of hydrogen-bond donors (Lipinski definition) is 1. The lowest BCUT2D eigenvalue weighted by molar-refractivity contribution is 0.183. The first-order valence-corrected chi connectivity index (χ1v) is 8.63. The van der Waals surface area contributed by atoms with Crippen LogP contribution in [-0.4, -0.2) is 35.6 Å². The summed E-state index contributed by atoms with van der Waals surface area (Å²) in [7, 11) is 0. The molecular weight excluding hydrogens is 290 g/mol. The van der Waals surface area contributed by atoms with Gasteiger partial charge in [0, 0.05) is 23.4 Å². The molecule has 114 valence electrons. The number of halogens is 1. The lowest BCUT2D eigenvalue weighted by Gasteiger charge is -2.29.